The van der Waals surface area contributed by atoms with E-state index in [0.29, 0.717) is 5.69 Å². The number of nitrogens with zero attached hydrogens (tertiary/aromatic N) is 1. The van der Waals surface area contributed by atoms with E-state index in [1.807, 2.05) is 0 Å². The maximum atomic E-state index is 13.6. The molecule has 7 heteroatoms. The van der Waals surface area contributed by atoms with E-state index in [4.69, 9.17) is 4.52 Å². The number of aromatic nitrogens is 1. The van der Waals surface area contributed by atoms with Crippen molar-refractivity contribution in [1.82, 2.24) is 5.16 Å². The highest BCUT2D eigenvalue weighted by atomic mass is 79.9. The van der Waals surface area contributed by atoms with Gasteiger partial charge in [-0.3, -0.25) is 4.79 Å². The van der Waals surface area contributed by atoms with Gasteiger partial charge in [0.15, 0.2) is 11.6 Å². The molecule has 0 atom stereocenters. The van der Waals surface area contributed by atoms with Gasteiger partial charge in [0, 0.05) is 4.47 Å². The number of hydrogen-bond acceptors (Lipinski definition) is 3. The van der Waals surface area contributed by atoms with Crippen LogP contribution in [0.25, 0.3) is 0 Å². The maximum Gasteiger partial charge on any atom is 0.261 e. The van der Waals surface area contributed by atoms with Crippen molar-refractivity contribution in [2.75, 3.05) is 5.32 Å². The summed E-state index contributed by atoms with van der Waals surface area (Å²) in [5.74, 6) is -2.12. The second kappa shape index (κ2) is 5.08. The van der Waals surface area contributed by atoms with E-state index in [-0.39, 0.29) is 15.8 Å². The van der Waals surface area contributed by atoms with E-state index in [9.17, 15) is 13.6 Å². The Bertz CT molecular complexity index is 613. The van der Waals surface area contributed by atoms with Gasteiger partial charge in [-0.05, 0) is 26.0 Å². The van der Waals surface area contributed by atoms with E-state index < -0.39 is 23.2 Å². The van der Waals surface area contributed by atoms with Crippen LogP contribution in [0.4, 0.5) is 14.5 Å². The molecule has 0 aliphatic heterocycles. The minimum absolute atomic E-state index is 0.168. The first-order chi connectivity index (χ1) is 8.90. The van der Waals surface area contributed by atoms with Crippen LogP contribution < -0.4 is 5.32 Å². The van der Waals surface area contributed by atoms with Gasteiger partial charge in [0.1, 0.15) is 17.0 Å². The molecule has 1 aromatic heterocycles. The fraction of sp³-hybridized carbons (Fsp3) is 0.167. The third-order valence-electron chi connectivity index (χ3n) is 2.51. The van der Waals surface area contributed by atoms with Crippen LogP contribution in [0.5, 0.6) is 0 Å². The summed E-state index contributed by atoms with van der Waals surface area (Å²) in [6.07, 6.45) is 0. The van der Waals surface area contributed by atoms with Crippen LogP contribution in [-0.2, 0) is 0 Å². The molecule has 0 saturated heterocycles. The number of aryl methyl sites for hydroxylation is 2. The first-order valence-electron chi connectivity index (χ1n) is 5.29. The Morgan fingerprint density at radius 1 is 1.32 bits per heavy atom. The molecule has 2 aromatic rings. The molecule has 100 valence electrons. The standard InChI is InChI=1S/C12H9BrF2N2O2/c1-5-10(6(2)19-17-5)12(18)16-11-8(14)3-7(13)4-9(11)15/h3-4H,1-2H3,(H,16,18). The van der Waals surface area contributed by atoms with Gasteiger partial charge in [0.05, 0.1) is 5.69 Å². The second-order valence-electron chi connectivity index (χ2n) is 3.90. The van der Waals surface area contributed by atoms with Crippen LogP contribution in [0.15, 0.2) is 21.1 Å². The molecule has 0 spiro atoms. The smallest absolute Gasteiger partial charge is 0.261 e. The molecule has 19 heavy (non-hydrogen) atoms. The number of hydrogen-bond donors (Lipinski definition) is 1. The van der Waals surface area contributed by atoms with Crippen molar-refractivity contribution >= 4 is 27.5 Å². The van der Waals surface area contributed by atoms with E-state index in [2.05, 4.69) is 26.4 Å². The average Bonchev–Trinajstić information content (AvgIpc) is 2.63. The monoisotopic (exact) mass is 330 g/mol. The highest BCUT2D eigenvalue weighted by molar-refractivity contribution is 9.10. The fourth-order valence-electron chi connectivity index (χ4n) is 1.64. The lowest BCUT2D eigenvalue weighted by molar-refractivity contribution is 0.102. The summed E-state index contributed by atoms with van der Waals surface area (Å²) in [5, 5.41) is 5.79. The molecular weight excluding hydrogens is 322 g/mol. The zero-order chi connectivity index (χ0) is 14.2. The van der Waals surface area contributed by atoms with E-state index >= 15 is 0 Å². The van der Waals surface area contributed by atoms with Gasteiger partial charge in [-0.25, -0.2) is 8.78 Å². The Hall–Kier alpha value is -1.76. The highest BCUT2D eigenvalue weighted by Crippen LogP contribution is 2.25. The first-order valence-corrected chi connectivity index (χ1v) is 6.08. The van der Waals surface area contributed by atoms with Crippen molar-refractivity contribution in [3.8, 4) is 0 Å². The van der Waals surface area contributed by atoms with Gasteiger partial charge in [0.25, 0.3) is 5.91 Å². The lowest BCUT2D eigenvalue weighted by atomic mass is 10.2. The number of nitrogens with one attached hydrogen (secondary N) is 1. The van der Waals surface area contributed by atoms with Gasteiger partial charge in [-0.2, -0.15) is 0 Å². The summed E-state index contributed by atoms with van der Waals surface area (Å²) in [4.78, 5) is 12.0. The van der Waals surface area contributed by atoms with Crippen LogP contribution >= 0.6 is 15.9 Å². The minimum Gasteiger partial charge on any atom is -0.361 e. The topological polar surface area (TPSA) is 55.1 Å². The Kier molecular flexibility index (Phi) is 3.66. The SMILES string of the molecule is Cc1noc(C)c1C(=O)Nc1c(F)cc(Br)cc1F. The van der Waals surface area contributed by atoms with Crippen molar-refractivity contribution < 1.29 is 18.1 Å². The zero-order valence-electron chi connectivity index (χ0n) is 10.1. The van der Waals surface area contributed by atoms with Gasteiger partial charge >= 0.3 is 0 Å². The molecule has 0 fully saturated rings. The molecule has 0 saturated carbocycles. The number of amides is 1. The summed E-state index contributed by atoms with van der Waals surface area (Å²) in [7, 11) is 0. The summed E-state index contributed by atoms with van der Waals surface area (Å²) in [6, 6.07) is 2.12. The lowest BCUT2D eigenvalue weighted by Crippen LogP contribution is -2.15. The Balaban J connectivity index is 2.35. The molecule has 0 aliphatic carbocycles. The Morgan fingerprint density at radius 2 is 1.89 bits per heavy atom. The van der Waals surface area contributed by atoms with E-state index in [0.717, 1.165) is 12.1 Å². The van der Waals surface area contributed by atoms with Crippen LogP contribution in [-0.4, -0.2) is 11.1 Å². The first kappa shape index (κ1) is 13.7. The zero-order valence-corrected chi connectivity index (χ0v) is 11.6. The molecule has 1 aromatic carbocycles. The molecule has 0 bridgehead atoms. The van der Waals surface area contributed by atoms with Crippen LogP contribution in [0.3, 0.4) is 0 Å². The number of anilines is 1. The molecule has 1 amide bonds. The molecule has 4 nitrogen and oxygen atoms in total. The Labute approximate surface area is 115 Å². The summed E-state index contributed by atoms with van der Waals surface area (Å²) < 4.78 is 32.3. The lowest BCUT2D eigenvalue weighted by Gasteiger charge is -2.07. The maximum absolute atomic E-state index is 13.6. The predicted octanol–water partition coefficient (Wildman–Crippen LogP) is 3.58. The van der Waals surface area contributed by atoms with Crippen LogP contribution in [0.1, 0.15) is 21.8 Å². The highest BCUT2D eigenvalue weighted by Gasteiger charge is 2.20. The van der Waals surface area contributed by atoms with Crippen LogP contribution in [0.2, 0.25) is 0 Å². The third kappa shape index (κ3) is 2.65. The molecule has 2 rings (SSSR count). The summed E-state index contributed by atoms with van der Waals surface area (Å²) in [6.45, 7) is 3.11. The summed E-state index contributed by atoms with van der Waals surface area (Å²) >= 11 is 2.96. The van der Waals surface area contributed by atoms with Crippen molar-refractivity contribution in [2.45, 2.75) is 13.8 Å². The van der Waals surface area contributed by atoms with Gasteiger partial charge in [-0.1, -0.05) is 21.1 Å². The number of carbonyl (C=O) groups excluding carboxylic acids is 1. The molecule has 1 N–H and O–H groups in total. The molecular formula is C12H9BrF2N2O2. The molecule has 0 radical (unpaired) electrons. The number of carbonyl (C=O) groups is 1. The van der Waals surface area contributed by atoms with E-state index in [1.165, 1.54) is 0 Å². The third-order valence-corrected chi connectivity index (χ3v) is 2.96. The van der Waals surface area contributed by atoms with E-state index in [1.54, 1.807) is 13.8 Å². The second-order valence-corrected chi connectivity index (χ2v) is 4.81. The predicted molar refractivity (Wildman–Crippen MR) is 68.0 cm³/mol. The molecule has 1 heterocycles. The normalized spacial score (nSPS) is 10.6. The van der Waals surface area contributed by atoms with Gasteiger partial charge in [0.2, 0.25) is 0 Å². The largest absolute Gasteiger partial charge is 0.361 e. The van der Waals surface area contributed by atoms with Crippen molar-refractivity contribution in [1.29, 1.82) is 0 Å². The van der Waals surface area contributed by atoms with Crippen molar-refractivity contribution in [3.63, 3.8) is 0 Å². The van der Waals surface area contributed by atoms with Crippen molar-refractivity contribution in [2.24, 2.45) is 0 Å². The average molecular weight is 331 g/mol. The van der Waals surface area contributed by atoms with Gasteiger partial charge in [-0.15, -0.1) is 0 Å². The van der Waals surface area contributed by atoms with Gasteiger partial charge < -0.3 is 9.84 Å². The molecule has 0 unspecified atom stereocenters. The Morgan fingerprint density at radius 3 is 2.37 bits per heavy atom. The fourth-order valence-corrected chi connectivity index (χ4v) is 2.05. The quantitative estimate of drug-likeness (QED) is 0.915. The van der Waals surface area contributed by atoms with Crippen LogP contribution in [0, 0.1) is 25.5 Å². The number of rotatable bonds is 2. The minimum atomic E-state index is -0.869. The number of benzene rings is 1. The molecule has 0 aliphatic rings. The summed E-state index contributed by atoms with van der Waals surface area (Å²) in [5.41, 5.74) is 0.0165. The van der Waals surface area contributed by atoms with Crippen molar-refractivity contribution in [3.05, 3.63) is 45.3 Å². The number of halogens is 3.